The van der Waals surface area contributed by atoms with Gasteiger partial charge in [0.05, 0.1) is 7.11 Å². The number of carbonyl (C=O) groups excluding carboxylic acids is 1. The number of hydrogen-bond donors (Lipinski definition) is 1. The molecular formula is C26H39Cl2N3O3. The molecule has 1 N–H and O–H groups in total. The highest BCUT2D eigenvalue weighted by molar-refractivity contribution is 5.85. The number of rotatable bonds is 8. The Balaban J connectivity index is 0.00000204. The van der Waals surface area contributed by atoms with Crippen molar-refractivity contribution in [2.45, 2.75) is 25.7 Å². The molecule has 190 valence electrons. The maximum Gasteiger partial charge on any atom is 0.319 e. The van der Waals surface area contributed by atoms with Crippen molar-refractivity contribution >= 4 is 36.5 Å². The molecule has 0 radical (unpaired) electrons. The minimum Gasteiger partial charge on any atom is -0.492 e. The van der Waals surface area contributed by atoms with Gasteiger partial charge in [-0.05, 0) is 75.5 Å². The first kappa shape index (κ1) is 28.5. The molecule has 0 amide bonds. The van der Waals surface area contributed by atoms with Crippen LogP contribution in [0.1, 0.15) is 25.7 Å². The van der Waals surface area contributed by atoms with Crippen molar-refractivity contribution in [2.24, 2.45) is 11.3 Å². The number of halogens is 2. The summed E-state index contributed by atoms with van der Waals surface area (Å²) in [6.45, 7) is 8.27. The molecule has 4 rings (SSSR count). The number of nitrogens with zero attached hydrogens (tertiary/aromatic N) is 2. The second-order valence-corrected chi connectivity index (χ2v) is 9.23. The molecule has 1 aromatic rings. The van der Waals surface area contributed by atoms with Crippen LogP contribution in [-0.2, 0) is 9.53 Å². The molecule has 34 heavy (non-hydrogen) atoms. The molecule has 0 bridgehead atoms. The van der Waals surface area contributed by atoms with E-state index in [9.17, 15) is 4.79 Å². The molecule has 0 aromatic heterocycles. The number of anilines is 1. The van der Waals surface area contributed by atoms with Crippen molar-refractivity contribution in [3.05, 3.63) is 48.6 Å². The Kier molecular flexibility index (Phi) is 11.7. The van der Waals surface area contributed by atoms with E-state index < -0.39 is 5.41 Å². The highest BCUT2D eigenvalue weighted by Gasteiger charge is 2.38. The molecule has 2 saturated heterocycles. The Morgan fingerprint density at radius 3 is 2.38 bits per heavy atom. The number of ether oxygens (including phenoxy) is 2. The number of methoxy groups -OCH3 is 1. The molecule has 3 aliphatic rings. The van der Waals surface area contributed by atoms with Crippen molar-refractivity contribution in [2.75, 3.05) is 64.4 Å². The van der Waals surface area contributed by atoms with Gasteiger partial charge in [-0.25, -0.2) is 0 Å². The highest BCUT2D eigenvalue weighted by atomic mass is 35.5. The van der Waals surface area contributed by atoms with Crippen LogP contribution in [0.5, 0.6) is 5.75 Å². The van der Waals surface area contributed by atoms with Crippen LogP contribution in [-0.4, -0.2) is 70.4 Å². The summed E-state index contributed by atoms with van der Waals surface area (Å²) in [5.41, 5.74) is 0.491. The monoisotopic (exact) mass is 511 g/mol. The van der Waals surface area contributed by atoms with Crippen molar-refractivity contribution in [1.29, 1.82) is 0 Å². The largest absolute Gasteiger partial charge is 0.492 e. The molecule has 1 atom stereocenters. The Bertz CT molecular complexity index is 804. The maximum atomic E-state index is 12.3. The van der Waals surface area contributed by atoms with E-state index in [1.165, 1.54) is 51.7 Å². The predicted octanol–water partition coefficient (Wildman–Crippen LogP) is 4.10. The standard InChI is InChI=1S/C26H37N3O3.2ClH/c1-31-25(30)26(12-3-2-4-13-26)21-32-24-7-5-23(6-8-24)29-19-17-28(18-20-29)16-11-22-9-14-27-15-10-22;;/h2-8,12,22,27H,9-11,13-21H2,1H3;2*1H. The summed E-state index contributed by atoms with van der Waals surface area (Å²) < 4.78 is 11.0. The lowest BCUT2D eigenvalue weighted by molar-refractivity contribution is -0.151. The van der Waals surface area contributed by atoms with Gasteiger partial charge >= 0.3 is 5.97 Å². The smallest absolute Gasteiger partial charge is 0.319 e. The summed E-state index contributed by atoms with van der Waals surface area (Å²) in [5, 5.41) is 3.46. The van der Waals surface area contributed by atoms with Crippen LogP contribution < -0.4 is 15.0 Å². The van der Waals surface area contributed by atoms with Crippen LogP contribution in [0.4, 0.5) is 5.69 Å². The Morgan fingerprint density at radius 1 is 1.06 bits per heavy atom. The van der Waals surface area contributed by atoms with Gasteiger partial charge in [-0.2, -0.15) is 0 Å². The number of allylic oxidation sites excluding steroid dienone is 3. The van der Waals surface area contributed by atoms with Gasteiger partial charge < -0.3 is 19.7 Å². The molecule has 0 spiro atoms. The summed E-state index contributed by atoms with van der Waals surface area (Å²) in [4.78, 5) is 17.4. The number of piperazine rings is 1. The van der Waals surface area contributed by atoms with E-state index in [1.54, 1.807) is 0 Å². The van der Waals surface area contributed by atoms with Gasteiger partial charge in [0, 0.05) is 31.9 Å². The fraction of sp³-hybridized carbons (Fsp3) is 0.577. The second-order valence-electron chi connectivity index (χ2n) is 9.23. The van der Waals surface area contributed by atoms with E-state index in [-0.39, 0.29) is 37.4 Å². The SMILES string of the molecule is COC(=O)C1(COc2ccc(N3CCN(CCC4CCNCC4)CC3)cc2)C=CC=CC1.Cl.Cl. The zero-order chi connectivity index (χ0) is 22.2. The number of hydrogen-bond acceptors (Lipinski definition) is 6. The average Bonchev–Trinajstić information content (AvgIpc) is 2.87. The quantitative estimate of drug-likeness (QED) is 0.530. The fourth-order valence-corrected chi connectivity index (χ4v) is 4.92. The summed E-state index contributed by atoms with van der Waals surface area (Å²) in [6, 6.07) is 8.27. The molecule has 2 aliphatic heterocycles. The van der Waals surface area contributed by atoms with Crippen LogP contribution in [0.15, 0.2) is 48.6 Å². The third-order valence-electron chi connectivity index (χ3n) is 7.12. The third kappa shape index (κ3) is 7.38. The number of benzene rings is 1. The van der Waals surface area contributed by atoms with Crippen molar-refractivity contribution in [3.63, 3.8) is 0 Å². The molecule has 1 unspecified atom stereocenters. The van der Waals surface area contributed by atoms with Crippen molar-refractivity contribution in [3.8, 4) is 5.75 Å². The van der Waals surface area contributed by atoms with Gasteiger partial charge in [-0.3, -0.25) is 9.69 Å². The Labute approximate surface area is 216 Å². The lowest BCUT2D eigenvalue weighted by Crippen LogP contribution is -2.47. The molecule has 0 saturated carbocycles. The van der Waals surface area contributed by atoms with Gasteiger partial charge in [0.1, 0.15) is 17.8 Å². The number of carbonyl (C=O) groups is 1. The van der Waals surface area contributed by atoms with E-state index in [0.717, 1.165) is 37.8 Å². The van der Waals surface area contributed by atoms with Crippen LogP contribution in [0.3, 0.4) is 0 Å². The summed E-state index contributed by atoms with van der Waals surface area (Å²) in [5.74, 6) is 1.42. The minimum atomic E-state index is -0.743. The summed E-state index contributed by atoms with van der Waals surface area (Å²) in [6.07, 6.45) is 12.3. The van der Waals surface area contributed by atoms with Gasteiger partial charge in [0.25, 0.3) is 0 Å². The summed E-state index contributed by atoms with van der Waals surface area (Å²) >= 11 is 0. The number of esters is 1. The Morgan fingerprint density at radius 2 is 1.76 bits per heavy atom. The lowest BCUT2D eigenvalue weighted by atomic mass is 9.82. The van der Waals surface area contributed by atoms with Gasteiger partial charge in [-0.15, -0.1) is 24.8 Å². The van der Waals surface area contributed by atoms with Crippen molar-refractivity contribution in [1.82, 2.24) is 10.2 Å². The third-order valence-corrected chi connectivity index (χ3v) is 7.12. The van der Waals surface area contributed by atoms with Crippen molar-refractivity contribution < 1.29 is 14.3 Å². The topological polar surface area (TPSA) is 54.0 Å². The van der Waals surface area contributed by atoms with E-state index in [1.807, 2.05) is 36.4 Å². The zero-order valence-corrected chi connectivity index (χ0v) is 21.8. The normalized spacial score (nSPS) is 23.0. The summed E-state index contributed by atoms with van der Waals surface area (Å²) in [7, 11) is 1.43. The zero-order valence-electron chi connectivity index (χ0n) is 20.1. The molecule has 1 aromatic carbocycles. The molecule has 2 fully saturated rings. The highest BCUT2D eigenvalue weighted by Crippen LogP contribution is 2.31. The van der Waals surface area contributed by atoms with E-state index >= 15 is 0 Å². The number of nitrogens with one attached hydrogen (secondary N) is 1. The van der Waals surface area contributed by atoms with Crippen LogP contribution >= 0.6 is 24.8 Å². The molecule has 1 aliphatic carbocycles. The van der Waals surface area contributed by atoms with E-state index in [0.29, 0.717) is 6.42 Å². The average molecular weight is 513 g/mol. The van der Waals surface area contributed by atoms with Crippen LogP contribution in [0.2, 0.25) is 0 Å². The number of piperidine rings is 1. The lowest BCUT2D eigenvalue weighted by Gasteiger charge is -2.37. The van der Waals surface area contributed by atoms with Crippen LogP contribution in [0.25, 0.3) is 0 Å². The molecular weight excluding hydrogens is 473 g/mol. The van der Waals surface area contributed by atoms with E-state index in [2.05, 4.69) is 27.2 Å². The van der Waals surface area contributed by atoms with E-state index in [4.69, 9.17) is 9.47 Å². The van der Waals surface area contributed by atoms with Gasteiger partial charge in [0.15, 0.2) is 0 Å². The van der Waals surface area contributed by atoms with Crippen LogP contribution in [0, 0.1) is 11.3 Å². The molecule has 8 heteroatoms. The maximum absolute atomic E-state index is 12.3. The fourth-order valence-electron chi connectivity index (χ4n) is 4.92. The first-order chi connectivity index (χ1) is 15.7. The predicted molar refractivity (Wildman–Crippen MR) is 143 cm³/mol. The van der Waals surface area contributed by atoms with Gasteiger partial charge in [0.2, 0.25) is 0 Å². The van der Waals surface area contributed by atoms with Gasteiger partial charge in [-0.1, -0.05) is 24.3 Å². The second kappa shape index (κ2) is 14.0. The first-order valence-electron chi connectivity index (χ1n) is 12.0. The molecule has 6 nitrogen and oxygen atoms in total. The minimum absolute atomic E-state index is 0. The first-order valence-corrected chi connectivity index (χ1v) is 12.0. The molecule has 2 heterocycles. The Hall–Kier alpha value is -1.73.